The minimum Gasteiger partial charge on any atom is -0.317 e. The molecule has 0 aromatic heterocycles. The Morgan fingerprint density at radius 1 is 0.703 bits per heavy atom. The van der Waals surface area contributed by atoms with Gasteiger partial charge in [-0.15, -0.1) is 0 Å². The first-order valence-corrected chi connectivity index (χ1v) is 13.5. The molecule has 0 radical (unpaired) electrons. The predicted octanol–water partition coefficient (Wildman–Crippen LogP) is 8.38. The zero-order valence-electron chi connectivity index (χ0n) is 21.9. The van der Waals surface area contributed by atoms with E-state index in [4.69, 9.17) is 11.6 Å². The summed E-state index contributed by atoms with van der Waals surface area (Å²) in [6.07, 6.45) is 2.49. The van der Waals surface area contributed by atoms with Gasteiger partial charge in [0, 0.05) is 52.0 Å². The van der Waals surface area contributed by atoms with Gasteiger partial charge in [-0.1, -0.05) is 81.8 Å². The van der Waals surface area contributed by atoms with Crippen LogP contribution in [-0.4, -0.2) is 11.6 Å². The van der Waals surface area contributed by atoms with Crippen LogP contribution in [0.5, 0.6) is 0 Å². The molecule has 0 saturated carbocycles. The number of fused-ring (bicyclic) bond motifs is 1. The first-order chi connectivity index (χ1) is 17.5. The van der Waals surface area contributed by atoms with E-state index in [1.54, 1.807) is 0 Å². The SMILES string of the molecule is CC1(C)CC(=O)C2=C(C1)N(c1ccc(Cl)cc1)C1=C(C(=O)CC(C)(C)C1)C2c1cccc2ccccc12. The van der Waals surface area contributed by atoms with Crippen LogP contribution in [0.2, 0.25) is 5.02 Å². The minimum atomic E-state index is -0.355. The van der Waals surface area contributed by atoms with E-state index in [1.807, 2.05) is 36.4 Å². The summed E-state index contributed by atoms with van der Waals surface area (Å²) < 4.78 is 0. The lowest BCUT2D eigenvalue weighted by atomic mass is 9.63. The highest BCUT2D eigenvalue weighted by Crippen LogP contribution is 2.56. The second kappa shape index (κ2) is 8.43. The number of anilines is 1. The van der Waals surface area contributed by atoms with Crippen molar-refractivity contribution >= 4 is 39.6 Å². The second-order valence-corrected chi connectivity index (χ2v) is 12.9. The van der Waals surface area contributed by atoms with Gasteiger partial charge in [-0.2, -0.15) is 0 Å². The van der Waals surface area contributed by atoms with Crippen LogP contribution < -0.4 is 4.90 Å². The maximum atomic E-state index is 14.1. The van der Waals surface area contributed by atoms with Gasteiger partial charge < -0.3 is 4.90 Å². The predicted molar refractivity (Wildman–Crippen MR) is 151 cm³/mol. The van der Waals surface area contributed by atoms with Crippen molar-refractivity contribution in [2.75, 3.05) is 4.90 Å². The Kier molecular flexibility index (Phi) is 5.51. The summed E-state index contributed by atoms with van der Waals surface area (Å²) in [4.78, 5) is 30.4. The van der Waals surface area contributed by atoms with E-state index in [-0.39, 0.29) is 28.3 Å². The number of halogens is 1. The molecule has 4 heteroatoms. The summed E-state index contributed by atoms with van der Waals surface area (Å²) in [6, 6.07) is 22.4. The topological polar surface area (TPSA) is 37.4 Å². The molecule has 0 amide bonds. The molecule has 0 atom stereocenters. The van der Waals surface area contributed by atoms with E-state index in [2.05, 4.69) is 62.9 Å². The molecule has 2 aliphatic carbocycles. The van der Waals surface area contributed by atoms with E-state index >= 15 is 0 Å². The summed E-state index contributed by atoms with van der Waals surface area (Å²) in [5, 5.41) is 2.89. The van der Waals surface area contributed by atoms with Crippen LogP contribution >= 0.6 is 11.6 Å². The second-order valence-electron chi connectivity index (χ2n) is 12.4. The van der Waals surface area contributed by atoms with E-state index in [1.165, 1.54) is 0 Å². The Balaban J connectivity index is 1.70. The zero-order chi connectivity index (χ0) is 26.1. The Bertz CT molecular complexity index is 1460. The van der Waals surface area contributed by atoms with Crippen molar-refractivity contribution in [1.29, 1.82) is 0 Å². The number of rotatable bonds is 2. The Morgan fingerprint density at radius 2 is 1.24 bits per heavy atom. The Morgan fingerprint density at radius 3 is 1.84 bits per heavy atom. The number of allylic oxidation sites excluding steroid dienone is 4. The molecule has 1 heterocycles. The van der Waals surface area contributed by atoms with E-state index in [9.17, 15) is 9.59 Å². The normalized spacial score (nSPS) is 21.4. The quantitative estimate of drug-likeness (QED) is 0.348. The number of nitrogens with zero attached hydrogens (tertiary/aromatic N) is 1. The number of hydrogen-bond acceptors (Lipinski definition) is 3. The zero-order valence-corrected chi connectivity index (χ0v) is 22.7. The fourth-order valence-electron chi connectivity index (χ4n) is 6.68. The average molecular weight is 510 g/mol. The van der Waals surface area contributed by atoms with E-state index in [0.29, 0.717) is 17.9 Å². The third-order valence-corrected chi connectivity index (χ3v) is 8.38. The number of Topliss-reactive ketones (excluding diaryl/α,β-unsaturated/α-hetero) is 2. The summed E-state index contributed by atoms with van der Waals surface area (Å²) in [5.41, 5.74) is 5.31. The standard InChI is InChI=1S/C33H32ClNO2/c1-32(2)16-25-30(27(36)18-32)29(24-11-7-9-20-8-5-6-10-23(20)24)31-26(17-33(3,4)19-28(31)37)35(25)22-14-12-21(34)13-15-22/h5-15,29H,16-19H2,1-4H3. The molecule has 3 nitrogen and oxygen atoms in total. The molecule has 3 aliphatic rings. The molecule has 0 bridgehead atoms. The average Bonchev–Trinajstić information content (AvgIpc) is 2.82. The fourth-order valence-corrected chi connectivity index (χ4v) is 6.81. The first kappa shape index (κ1) is 24.2. The highest BCUT2D eigenvalue weighted by atomic mass is 35.5. The van der Waals surface area contributed by atoms with Crippen LogP contribution in [0.25, 0.3) is 10.8 Å². The third kappa shape index (κ3) is 4.05. The Hall–Kier alpha value is -3.17. The van der Waals surface area contributed by atoms with Gasteiger partial charge in [0.25, 0.3) is 0 Å². The van der Waals surface area contributed by atoms with Crippen molar-refractivity contribution in [2.45, 2.75) is 59.3 Å². The molecule has 3 aromatic carbocycles. The van der Waals surface area contributed by atoms with Crippen molar-refractivity contribution in [1.82, 2.24) is 0 Å². The summed E-state index contributed by atoms with van der Waals surface area (Å²) in [7, 11) is 0. The van der Waals surface area contributed by atoms with Gasteiger partial charge >= 0.3 is 0 Å². The number of ketones is 2. The molecule has 0 N–H and O–H groups in total. The van der Waals surface area contributed by atoms with Crippen LogP contribution in [0.1, 0.15) is 64.9 Å². The van der Waals surface area contributed by atoms with Gasteiger partial charge in [-0.05, 0) is 64.3 Å². The van der Waals surface area contributed by atoms with E-state index in [0.717, 1.165) is 57.4 Å². The van der Waals surface area contributed by atoms with Crippen LogP contribution in [-0.2, 0) is 9.59 Å². The molecule has 0 fully saturated rings. The van der Waals surface area contributed by atoms with Gasteiger partial charge in [0.1, 0.15) is 0 Å². The summed E-state index contributed by atoms with van der Waals surface area (Å²) in [6.45, 7) is 8.67. The lowest BCUT2D eigenvalue weighted by Crippen LogP contribution is -2.44. The van der Waals surface area contributed by atoms with Crippen LogP contribution in [0.3, 0.4) is 0 Å². The van der Waals surface area contributed by atoms with Crippen molar-refractivity contribution in [3.63, 3.8) is 0 Å². The third-order valence-electron chi connectivity index (χ3n) is 8.13. The monoisotopic (exact) mass is 509 g/mol. The van der Waals surface area contributed by atoms with E-state index < -0.39 is 0 Å². The van der Waals surface area contributed by atoms with Crippen molar-refractivity contribution < 1.29 is 9.59 Å². The number of carbonyl (C=O) groups is 2. The van der Waals surface area contributed by atoms with Crippen LogP contribution in [0, 0.1) is 10.8 Å². The molecule has 0 saturated heterocycles. The molecule has 6 rings (SSSR count). The Labute approximate surface area is 223 Å². The lowest BCUT2D eigenvalue weighted by molar-refractivity contribution is -0.119. The largest absolute Gasteiger partial charge is 0.317 e. The maximum Gasteiger partial charge on any atom is 0.162 e. The minimum absolute atomic E-state index is 0.146. The highest BCUT2D eigenvalue weighted by molar-refractivity contribution is 6.30. The summed E-state index contributed by atoms with van der Waals surface area (Å²) >= 11 is 6.27. The maximum absolute atomic E-state index is 14.1. The molecular weight excluding hydrogens is 478 g/mol. The van der Waals surface area contributed by atoms with Crippen molar-refractivity contribution in [3.05, 3.63) is 99.9 Å². The van der Waals surface area contributed by atoms with Gasteiger partial charge in [-0.3, -0.25) is 9.59 Å². The number of hydrogen-bond donors (Lipinski definition) is 0. The first-order valence-electron chi connectivity index (χ1n) is 13.1. The van der Waals surface area contributed by atoms with Gasteiger partial charge in [0.15, 0.2) is 11.6 Å². The van der Waals surface area contributed by atoms with Crippen molar-refractivity contribution in [3.8, 4) is 0 Å². The molecule has 0 unspecified atom stereocenters. The van der Waals surface area contributed by atoms with Gasteiger partial charge in [0.05, 0.1) is 0 Å². The molecule has 1 aliphatic heterocycles. The summed E-state index contributed by atoms with van der Waals surface area (Å²) in [5.74, 6) is -0.0634. The van der Waals surface area contributed by atoms with Crippen molar-refractivity contribution in [2.24, 2.45) is 10.8 Å². The number of benzene rings is 3. The molecular formula is C33H32ClNO2. The van der Waals surface area contributed by atoms with Crippen LogP contribution in [0.15, 0.2) is 89.3 Å². The van der Waals surface area contributed by atoms with Gasteiger partial charge in [0.2, 0.25) is 0 Å². The highest BCUT2D eigenvalue weighted by Gasteiger charge is 2.49. The molecule has 0 spiro atoms. The van der Waals surface area contributed by atoms with Crippen LogP contribution in [0.4, 0.5) is 5.69 Å². The molecule has 3 aromatic rings. The van der Waals surface area contributed by atoms with Gasteiger partial charge in [-0.25, -0.2) is 0 Å². The molecule has 188 valence electrons. The lowest BCUT2D eigenvalue weighted by Gasteiger charge is -2.49. The molecule has 37 heavy (non-hydrogen) atoms. The smallest absolute Gasteiger partial charge is 0.162 e. The number of carbonyl (C=O) groups excluding carboxylic acids is 2. The fraction of sp³-hybridized carbons (Fsp3) is 0.333.